The molecule has 0 aromatic carbocycles. The smallest absolute Gasteiger partial charge is 0.325 e. The highest BCUT2D eigenvalue weighted by atomic mass is 32.2. The van der Waals surface area contributed by atoms with Crippen molar-refractivity contribution in [2.45, 2.75) is 19.4 Å². The summed E-state index contributed by atoms with van der Waals surface area (Å²) in [5.74, 6) is -1.12. The minimum atomic E-state index is -3.07. The Labute approximate surface area is 99.7 Å². The van der Waals surface area contributed by atoms with Crippen LogP contribution >= 0.6 is 0 Å². The molecule has 1 rings (SSSR count). The molecule has 1 aliphatic rings. The number of carbonyl (C=O) groups is 2. The van der Waals surface area contributed by atoms with Gasteiger partial charge in [-0.05, 0) is 13.3 Å². The maximum absolute atomic E-state index is 11.6. The van der Waals surface area contributed by atoms with Gasteiger partial charge < -0.3 is 15.3 Å². The number of hydrogen-bond acceptors (Lipinski definition) is 4. The van der Waals surface area contributed by atoms with Crippen LogP contribution in [-0.4, -0.2) is 61.1 Å². The number of carboxylic acid groups (broad SMARTS) is 1. The number of carbonyl (C=O) groups excluding carboxylic acids is 1. The van der Waals surface area contributed by atoms with Gasteiger partial charge in [0.15, 0.2) is 9.84 Å². The van der Waals surface area contributed by atoms with E-state index in [0.717, 1.165) is 0 Å². The van der Waals surface area contributed by atoms with Crippen molar-refractivity contribution in [3.8, 4) is 0 Å². The van der Waals surface area contributed by atoms with Crippen molar-refractivity contribution in [3.05, 3.63) is 0 Å². The van der Waals surface area contributed by atoms with Gasteiger partial charge in [0, 0.05) is 13.1 Å². The first-order valence-electron chi connectivity index (χ1n) is 5.30. The Morgan fingerprint density at radius 3 is 2.53 bits per heavy atom. The van der Waals surface area contributed by atoms with Gasteiger partial charge in [0.25, 0.3) is 0 Å². The zero-order valence-electron chi connectivity index (χ0n) is 9.55. The summed E-state index contributed by atoms with van der Waals surface area (Å²) in [4.78, 5) is 23.5. The number of hydrogen-bond donors (Lipinski definition) is 2. The van der Waals surface area contributed by atoms with Gasteiger partial charge in [-0.3, -0.25) is 4.79 Å². The number of aliphatic carboxylic acids is 1. The van der Waals surface area contributed by atoms with Crippen molar-refractivity contribution in [2.75, 3.05) is 24.6 Å². The maximum atomic E-state index is 11.6. The number of amides is 2. The van der Waals surface area contributed by atoms with Crippen LogP contribution in [0.1, 0.15) is 13.3 Å². The zero-order valence-corrected chi connectivity index (χ0v) is 10.4. The molecule has 0 spiro atoms. The standard InChI is InChI=1S/C9H16N2O5S/c1-7(8(12)13)10-9(14)11-3-2-5-17(15,16)6-4-11/h7H,2-6H2,1H3,(H,10,14)(H,12,13). The highest BCUT2D eigenvalue weighted by Crippen LogP contribution is 2.05. The third-order valence-electron chi connectivity index (χ3n) is 2.55. The molecule has 0 aromatic rings. The first-order valence-corrected chi connectivity index (χ1v) is 7.12. The summed E-state index contributed by atoms with van der Waals surface area (Å²) in [6.45, 7) is 1.80. The number of nitrogens with zero attached hydrogens (tertiary/aromatic N) is 1. The van der Waals surface area contributed by atoms with Crippen molar-refractivity contribution in [3.63, 3.8) is 0 Å². The Hall–Kier alpha value is -1.31. The summed E-state index contributed by atoms with van der Waals surface area (Å²) in [7, 11) is -3.07. The van der Waals surface area contributed by atoms with Gasteiger partial charge in [0.05, 0.1) is 11.5 Å². The molecule has 0 radical (unpaired) electrons. The van der Waals surface area contributed by atoms with E-state index in [0.29, 0.717) is 13.0 Å². The SMILES string of the molecule is CC(NC(=O)N1CCCS(=O)(=O)CC1)C(=O)O. The van der Waals surface area contributed by atoms with Crippen molar-refractivity contribution in [2.24, 2.45) is 0 Å². The van der Waals surface area contributed by atoms with Gasteiger partial charge in [0.1, 0.15) is 6.04 Å². The molecule has 2 amide bonds. The molecule has 1 unspecified atom stereocenters. The summed E-state index contributed by atoms with van der Waals surface area (Å²) in [5.41, 5.74) is 0. The average Bonchev–Trinajstić information content (AvgIpc) is 2.39. The fourth-order valence-electron chi connectivity index (χ4n) is 1.48. The third-order valence-corrected chi connectivity index (χ3v) is 4.27. The Morgan fingerprint density at radius 2 is 1.94 bits per heavy atom. The largest absolute Gasteiger partial charge is 0.480 e. The first kappa shape index (κ1) is 13.8. The van der Waals surface area contributed by atoms with Crippen LogP contribution < -0.4 is 5.32 Å². The second-order valence-corrected chi connectivity index (χ2v) is 6.31. The van der Waals surface area contributed by atoms with E-state index in [1.807, 2.05) is 0 Å². The van der Waals surface area contributed by atoms with E-state index in [2.05, 4.69) is 5.32 Å². The molecule has 0 saturated carbocycles. The van der Waals surface area contributed by atoms with Gasteiger partial charge in [-0.2, -0.15) is 0 Å². The van der Waals surface area contributed by atoms with E-state index in [9.17, 15) is 18.0 Å². The first-order chi connectivity index (χ1) is 7.82. The Morgan fingerprint density at radius 1 is 1.29 bits per heavy atom. The number of urea groups is 1. The van der Waals surface area contributed by atoms with Crippen molar-refractivity contribution in [1.82, 2.24) is 10.2 Å². The molecule has 1 fully saturated rings. The molecule has 0 aliphatic carbocycles. The van der Waals surface area contributed by atoms with Crippen LogP contribution in [0.3, 0.4) is 0 Å². The van der Waals surface area contributed by atoms with Gasteiger partial charge in [-0.25, -0.2) is 13.2 Å². The lowest BCUT2D eigenvalue weighted by molar-refractivity contribution is -0.138. The molecule has 98 valence electrons. The van der Waals surface area contributed by atoms with Crippen LogP contribution in [0.4, 0.5) is 4.79 Å². The molecular weight excluding hydrogens is 248 g/mol. The van der Waals surface area contributed by atoms with Crippen LogP contribution in [0.15, 0.2) is 0 Å². The zero-order chi connectivity index (χ0) is 13.1. The number of nitrogens with one attached hydrogen (secondary N) is 1. The van der Waals surface area contributed by atoms with Gasteiger partial charge in [-0.15, -0.1) is 0 Å². The normalized spacial score (nSPS) is 21.4. The van der Waals surface area contributed by atoms with Gasteiger partial charge in [0.2, 0.25) is 0 Å². The van der Waals surface area contributed by atoms with Gasteiger partial charge >= 0.3 is 12.0 Å². The van der Waals surface area contributed by atoms with E-state index in [4.69, 9.17) is 5.11 Å². The lowest BCUT2D eigenvalue weighted by Gasteiger charge is -2.21. The minimum absolute atomic E-state index is 0.0676. The topological polar surface area (TPSA) is 104 Å². The van der Waals surface area contributed by atoms with Crippen LogP contribution in [0.5, 0.6) is 0 Å². The van der Waals surface area contributed by atoms with Crippen molar-refractivity contribution >= 4 is 21.8 Å². The Kier molecular flexibility index (Phi) is 4.33. The predicted octanol–water partition coefficient (Wildman–Crippen LogP) is -0.710. The molecule has 8 heteroatoms. The molecule has 17 heavy (non-hydrogen) atoms. The van der Waals surface area contributed by atoms with Crippen molar-refractivity contribution < 1.29 is 23.1 Å². The lowest BCUT2D eigenvalue weighted by Crippen LogP contribution is -2.47. The second-order valence-electron chi connectivity index (χ2n) is 4.00. The quantitative estimate of drug-likeness (QED) is 0.685. The van der Waals surface area contributed by atoms with Crippen LogP contribution in [0.2, 0.25) is 0 Å². The highest BCUT2D eigenvalue weighted by Gasteiger charge is 2.24. The van der Waals surface area contributed by atoms with E-state index >= 15 is 0 Å². The molecule has 0 aromatic heterocycles. The van der Waals surface area contributed by atoms with E-state index < -0.39 is 27.9 Å². The van der Waals surface area contributed by atoms with Crippen LogP contribution in [0, 0.1) is 0 Å². The Balaban J connectivity index is 2.56. The molecule has 2 N–H and O–H groups in total. The lowest BCUT2D eigenvalue weighted by atomic mass is 10.3. The van der Waals surface area contributed by atoms with Crippen LogP contribution in [-0.2, 0) is 14.6 Å². The number of carboxylic acids is 1. The molecule has 1 atom stereocenters. The molecule has 1 heterocycles. The summed E-state index contributed by atoms with van der Waals surface area (Å²) in [6.07, 6.45) is 0.386. The molecule has 7 nitrogen and oxygen atoms in total. The van der Waals surface area contributed by atoms with Gasteiger partial charge in [-0.1, -0.05) is 0 Å². The molecule has 1 aliphatic heterocycles. The minimum Gasteiger partial charge on any atom is -0.480 e. The van der Waals surface area contributed by atoms with E-state index in [1.54, 1.807) is 0 Å². The maximum Gasteiger partial charge on any atom is 0.325 e. The fraction of sp³-hybridized carbons (Fsp3) is 0.778. The van der Waals surface area contributed by atoms with Crippen molar-refractivity contribution in [1.29, 1.82) is 0 Å². The third kappa shape index (κ3) is 4.22. The summed E-state index contributed by atoms with van der Waals surface area (Å²) in [6, 6.07) is -1.51. The van der Waals surface area contributed by atoms with E-state index in [1.165, 1.54) is 11.8 Å². The Bertz CT molecular complexity index is 406. The molecular formula is C9H16N2O5S. The highest BCUT2D eigenvalue weighted by molar-refractivity contribution is 7.91. The summed E-state index contributed by atoms with van der Waals surface area (Å²) in [5, 5.41) is 10.9. The average molecular weight is 264 g/mol. The number of rotatable bonds is 2. The second kappa shape index (κ2) is 5.35. The van der Waals surface area contributed by atoms with E-state index in [-0.39, 0.29) is 18.1 Å². The predicted molar refractivity (Wildman–Crippen MR) is 60.5 cm³/mol. The monoisotopic (exact) mass is 264 g/mol. The summed E-state index contributed by atoms with van der Waals surface area (Å²) < 4.78 is 22.6. The number of sulfone groups is 1. The molecule has 0 bridgehead atoms. The van der Waals surface area contributed by atoms with Crippen LogP contribution in [0.25, 0.3) is 0 Å². The molecule has 1 saturated heterocycles. The summed E-state index contributed by atoms with van der Waals surface area (Å²) >= 11 is 0. The fourth-order valence-corrected chi connectivity index (χ4v) is 2.75.